The summed E-state index contributed by atoms with van der Waals surface area (Å²) in [6, 6.07) is 14.7. The first-order valence-electron chi connectivity index (χ1n) is 7.88. The monoisotopic (exact) mass is 314 g/mol. The second-order valence-corrected chi connectivity index (χ2v) is 6.75. The van der Waals surface area contributed by atoms with Crippen molar-refractivity contribution in [3.63, 3.8) is 0 Å². The lowest BCUT2D eigenvalue weighted by Gasteiger charge is -2.34. The van der Waals surface area contributed by atoms with Crippen LogP contribution in [0.2, 0.25) is 0 Å². The van der Waals surface area contributed by atoms with Crippen LogP contribution >= 0.6 is 11.3 Å². The van der Waals surface area contributed by atoms with Crippen molar-refractivity contribution >= 4 is 17.2 Å². The van der Waals surface area contributed by atoms with E-state index in [2.05, 4.69) is 40.6 Å². The lowest BCUT2D eigenvalue weighted by molar-refractivity contribution is -0.132. The van der Waals surface area contributed by atoms with Crippen LogP contribution in [0.1, 0.15) is 16.9 Å². The number of thiophene rings is 1. The van der Waals surface area contributed by atoms with E-state index in [0.717, 1.165) is 39.1 Å². The van der Waals surface area contributed by atoms with Gasteiger partial charge in [0.25, 0.3) is 0 Å². The van der Waals surface area contributed by atoms with Crippen LogP contribution in [0.5, 0.6) is 0 Å². The third kappa shape index (κ3) is 4.18. The van der Waals surface area contributed by atoms with E-state index < -0.39 is 0 Å². The van der Waals surface area contributed by atoms with Crippen molar-refractivity contribution < 1.29 is 4.79 Å². The zero-order valence-corrected chi connectivity index (χ0v) is 13.6. The highest BCUT2D eigenvalue weighted by Gasteiger charge is 2.20. The summed E-state index contributed by atoms with van der Waals surface area (Å²) in [4.78, 5) is 18.0. The highest BCUT2D eigenvalue weighted by Crippen LogP contribution is 2.13. The molecule has 3 rings (SSSR count). The number of rotatable bonds is 5. The van der Waals surface area contributed by atoms with Gasteiger partial charge in [-0.2, -0.15) is 0 Å². The Hall–Kier alpha value is -1.65. The second-order valence-electron chi connectivity index (χ2n) is 5.72. The largest absolute Gasteiger partial charge is 0.340 e. The van der Waals surface area contributed by atoms with Crippen molar-refractivity contribution in [2.45, 2.75) is 19.4 Å². The summed E-state index contributed by atoms with van der Waals surface area (Å²) >= 11 is 1.73. The standard InChI is InChI=1S/C18H22N2OS/c21-18(9-8-17-7-4-14-22-17)20-12-10-19(11-13-20)15-16-5-2-1-3-6-16/h1-7,14H,8-13,15H2. The number of hydrogen-bond acceptors (Lipinski definition) is 3. The Morgan fingerprint density at radius 1 is 1.00 bits per heavy atom. The van der Waals surface area contributed by atoms with Crippen LogP contribution in [0.15, 0.2) is 47.8 Å². The minimum absolute atomic E-state index is 0.299. The Kier molecular flexibility index (Phi) is 5.24. The third-order valence-corrected chi connectivity index (χ3v) is 5.08. The van der Waals surface area contributed by atoms with E-state index >= 15 is 0 Å². The van der Waals surface area contributed by atoms with Gasteiger partial charge in [0.1, 0.15) is 0 Å². The molecule has 1 aliphatic heterocycles. The van der Waals surface area contributed by atoms with Gasteiger partial charge in [-0.05, 0) is 23.4 Å². The molecule has 0 N–H and O–H groups in total. The number of carbonyl (C=O) groups is 1. The fourth-order valence-corrected chi connectivity index (χ4v) is 3.55. The number of piperazine rings is 1. The van der Waals surface area contributed by atoms with E-state index in [1.807, 2.05) is 17.0 Å². The van der Waals surface area contributed by atoms with E-state index in [4.69, 9.17) is 0 Å². The summed E-state index contributed by atoms with van der Waals surface area (Å²) in [6.45, 7) is 4.64. The highest BCUT2D eigenvalue weighted by atomic mass is 32.1. The molecule has 0 bridgehead atoms. The lowest BCUT2D eigenvalue weighted by atomic mass is 10.2. The molecule has 1 aromatic carbocycles. The van der Waals surface area contributed by atoms with Crippen LogP contribution in [0, 0.1) is 0 Å². The summed E-state index contributed by atoms with van der Waals surface area (Å²) in [5.74, 6) is 0.299. The van der Waals surface area contributed by atoms with Crippen molar-refractivity contribution in [3.05, 3.63) is 58.3 Å². The van der Waals surface area contributed by atoms with Gasteiger partial charge in [-0.3, -0.25) is 9.69 Å². The molecule has 2 aromatic rings. The van der Waals surface area contributed by atoms with Crippen molar-refractivity contribution in [1.29, 1.82) is 0 Å². The topological polar surface area (TPSA) is 23.6 Å². The number of hydrogen-bond donors (Lipinski definition) is 0. The van der Waals surface area contributed by atoms with Gasteiger partial charge in [0.05, 0.1) is 0 Å². The molecule has 1 aromatic heterocycles. The minimum Gasteiger partial charge on any atom is -0.340 e. The maximum Gasteiger partial charge on any atom is 0.223 e. The molecule has 116 valence electrons. The Bertz CT molecular complexity index is 574. The smallest absolute Gasteiger partial charge is 0.223 e. The first-order valence-corrected chi connectivity index (χ1v) is 8.76. The maximum absolute atomic E-state index is 12.3. The predicted molar refractivity (Wildman–Crippen MR) is 90.9 cm³/mol. The first-order chi connectivity index (χ1) is 10.8. The van der Waals surface area contributed by atoms with Crippen LogP contribution in [0.4, 0.5) is 0 Å². The molecule has 0 saturated carbocycles. The van der Waals surface area contributed by atoms with Gasteiger partial charge in [0, 0.05) is 44.0 Å². The normalized spacial score (nSPS) is 15.9. The van der Waals surface area contributed by atoms with Gasteiger partial charge < -0.3 is 4.90 Å². The van der Waals surface area contributed by atoms with Gasteiger partial charge in [-0.25, -0.2) is 0 Å². The number of benzene rings is 1. The summed E-state index contributed by atoms with van der Waals surface area (Å²) in [5, 5.41) is 2.07. The zero-order valence-electron chi connectivity index (χ0n) is 12.8. The maximum atomic E-state index is 12.3. The van der Waals surface area contributed by atoms with Crippen molar-refractivity contribution in [2.24, 2.45) is 0 Å². The fourth-order valence-electron chi connectivity index (χ4n) is 2.84. The number of aryl methyl sites for hydroxylation is 1. The van der Waals surface area contributed by atoms with Gasteiger partial charge in [0.15, 0.2) is 0 Å². The average Bonchev–Trinajstić information content (AvgIpc) is 3.08. The van der Waals surface area contributed by atoms with E-state index in [1.165, 1.54) is 10.4 Å². The summed E-state index contributed by atoms with van der Waals surface area (Å²) in [5.41, 5.74) is 1.35. The first kappa shape index (κ1) is 15.3. The highest BCUT2D eigenvalue weighted by molar-refractivity contribution is 7.09. The number of carbonyl (C=O) groups excluding carboxylic acids is 1. The molecule has 2 heterocycles. The van der Waals surface area contributed by atoms with Crippen LogP contribution < -0.4 is 0 Å². The Labute approximate surface area is 136 Å². The third-order valence-electron chi connectivity index (χ3n) is 4.14. The molecule has 4 heteroatoms. The summed E-state index contributed by atoms with van der Waals surface area (Å²) in [7, 11) is 0. The second kappa shape index (κ2) is 7.56. The van der Waals surface area contributed by atoms with Gasteiger partial charge in [-0.1, -0.05) is 36.4 Å². The summed E-state index contributed by atoms with van der Waals surface area (Å²) < 4.78 is 0. The van der Waals surface area contributed by atoms with Gasteiger partial charge >= 0.3 is 0 Å². The number of nitrogens with zero attached hydrogens (tertiary/aromatic N) is 2. The molecule has 0 aliphatic carbocycles. The molecule has 0 unspecified atom stereocenters. The Morgan fingerprint density at radius 3 is 2.45 bits per heavy atom. The molecule has 0 radical (unpaired) electrons. The van der Waals surface area contributed by atoms with E-state index in [9.17, 15) is 4.79 Å². The Balaban J connectivity index is 1.42. The molecule has 1 amide bonds. The minimum atomic E-state index is 0.299. The van der Waals surface area contributed by atoms with E-state index in [-0.39, 0.29) is 0 Å². The van der Waals surface area contributed by atoms with Crippen molar-refractivity contribution in [1.82, 2.24) is 9.80 Å². The van der Waals surface area contributed by atoms with Gasteiger partial charge in [-0.15, -0.1) is 11.3 Å². The molecular formula is C18H22N2OS. The predicted octanol–water partition coefficient (Wildman–Crippen LogP) is 3.03. The molecule has 3 nitrogen and oxygen atoms in total. The van der Waals surface area contributed by atoms with Crippen LogP contribution in [-0.4, -0.2) is 41.9 Å². The fraction of sp³-hybridized carbons (Fsp3) is 0.389. The van der Waals surface area contributed by atoms with Crippen LogP contribution in [0.3, 0.4) is 0 Å². The SMILES string of the molecule is O=C(CCc1cccs1)N1CCN(Cc2ccccc2)CC1. The molecule has 0 spiro atoms. The molecule has 1 fully saturated rings. The van der Waals surface area contributed by atoms with Crippen LogP contribution in [0.25, 0.3) is 0 Å². The van der Waals surface area contributed by atoms with Gasteiger partial charge in [0.2, 0.25) is 5.91 Å². The van der Waals surface area contributed by atoms with Crippen molar-refractivity contribution in [3.8, 4) is 0 Å². The molecule has 0 atom stereocenters. The molecule has 1 saturated heterocycles. The number of amides is 1. The average molecular weight is 314 g/mol. The Morgan fingerprint density at radius 2 is 1.77 bits per heavy atom. The van der Waals surface area contributed by atoms with Crippen molar-refractivity contribution in [2.75, 3.05) is 26.2 Å². The van der Waals surface area contributed by atoms with E-state index in [0.29, 0.717) is 12.3 Å². The molecule has 1 aliphatic rings. The molecular weight excluding hydrogens is 292 g/mol. The zero-order chi connectivity index (χ0) is 15.2. The quantitative estimate of drug-likeness (QED) is 0.847. The summed E-state index contributed by atoms with van der Waals surface area (Å²) in [6.07, 6.45) is 1.51. The molecule has 22 heavy (non-hydrogen) atoms. The lowest BCUT2D eigenvalue weighted by Crippen LogP contribution is -2.48. The van der Waals surface area contributed by atoms with Crippen LogP contribution in [-0.2, 0) is 17.8 Å². The van der Waals surface area contributed by atoms with E-state index in [1.54, 1.807) is 11.3 Å².